The quantitative estimate of drug-likeness (QED) is 0.819. The summed E-state index contributed by atoms with van der Waals surface area (Å²) in [5.74, 6) is 0. The molecule has 108 valence electrons. The fourth-order valence-electron chi connectivity index (χ4n) is 1.63. The maximum Gasteiger partial charge on any atom is 0.244 e. The predicted octanol–water partition coefficient (Wildman–Crippen LogP) is 1.59. The molecule has 6 nitrogen and oxygen atoms in total. The Hall–Kier alpha value is -1.64. The highest BCUT2D eigenvalue weighted by Crippen LogP contribution is 2.28. The van der Waals surface area contributed by atoms with Gasteiger partial charge in [-0.3, -0.25) is 4.98 Å². The minimum atomic E-state index is -3.54. The van der Waals surface area contributed by atoms with Crippen molar-refractivity contribution in [3.8, 4) is 0 Å². The minimum absolute atomic E-state index is 0.108. The van der Waals surface area contributed by atoms with Crippen molar-refractivity contribution in [1.82, 2.24) is 9.29 Å². The summed E-state index contributed by atoms with van der Waals surface area (Å²) in [4.78, 5) is 5.14. The van der Waals surface area contributed by atoms with Gasteiger partial charge in [0.05, 0.1) is 23.4 Å². The Balaban J connectivity index is 2.28. The molecule has 0 saturated carbocycles. The van der Waals surface area contributed by atoms with E-state index in [-0.39, 0.29) is 10.6 Å². The topological polar surface area (TPSA) is 88.3 Å². The van der Waals surface area contributed by atoms with Crippen LogP contribution in [0.1, 0.15) is 4.88 Å². The van der Waals surface area contributed by atoms with E-state index in [0.717, 1.165) is 9.18 Å². The van der Waals surface area contributed by atoms with Crippen LogP contribution >= 0.6 is 11.3 Å². The molecule has 0 aliphatic rings. The van der Waals surface area contributed by atoms with Gasteiger partial charge < -0.3 is 11.1 Å². The van der Waals surface area contributed by atoms with E-state index in [0.29, 0.717) is 12.2 Å². The average molecular weight is 312 g/mol. The molecule has 0 aliphatic heterocycles. The third kappa shape index (κ3) is 2.92. The molecule has 0 aliphatic carbocycles. The first-order valence-electron chi connectivity index (χ1n) is 5.85. The van der Waals surface area contributed by atoms with Gasteiger partial charge in [-0.2, -0.15) is 0 Å². The average Bonchev–Trinajstić information content (AvgIpc) is 2.90. The molecule has 3 N–H and O–H groups in total. The lowest BCUT2D eigenvalue weighted by molar-refractivity contribution is 0.521. The predicted molar refractivity (Wildman–Crippen MR) is 81.2 cm³/mol. The second kappa shape index (κ2) is 5.78. The Morgan fingerprint density at radius 2 is 2.15 bits per heavy atom. The summed E-state index contributed by atoms with van der Waals surface area (Å²) in [7, 11) is -0.587. The molecule has 0 radical (unpaired) electrons. The van der Waals surface area contributed by atoms with Crippen molar-refractivity contribution in [2.45, 2.75) is 11.4 Å². The number of nitrogens with two attached hydrogens (primary N) is 1. The van der Waals surface area contributed by atoms with Gasteiger partial charge >= 0.3 is 0 Å². The third-order valence-corrected chi connectivity index (χ3v) is 5.41. The third-order valence-electron chi connectivity index (χ3n) is 2.76. The number of para-hydroxylation sites is 1. The number of sulfonamides is 1. The summed E-state index contributed by atoms with van der Waals surface area (Å²) >= 11 is 1.52. The first kappa shape index (κ1) is 14.8. The lowest BCUT2D eigenvalue weighted by Crippen LogP contribution is -2.23. The molecule has 0 bridgehead atoms. The lowest BCUT2D eigenvalue weighted by atomic mass is 10.2. The number of hydrogen-bond donors (Lipinski definition) is 2. The molecule has 0 fully saturated rings. The zero-order valence-corrected chi connectivity index (χ0v) is 12.8. The Labute approximate surface area is 122 Å². The van der Waals surface area contributed by atoms with Crippen molar-refractivity contribution >= 4 is 32.7 Å². The van der Waals surface area contributed by atoms with Gasteiger partial charge in [-0.1, -0.05) is 6.07 Å². The molecule has 8 heteroatoms. The standard InChI is InChI=1S/C12H16N4O2S2/c1-16(2)20(17,18)11-5-3-4-10(12(11)13)15-7-9-6-14-8-19-9/h3-6,8,15H,7,13H2,1-2H3. The molecule has 1 aromatic carbocycles. The van der Waals surface area contributed by atoms with Crippen molar-refractivity contribution < 1.29 is 8.42 Å². The van der Waals surface area contributed by atoms with E-state index >= 15 is 0 Å². The number of aromatic nitrogens is 1. The van der Waals surface area contributed by atoms with Crippen molar-refractivity contribution in [3.05, 3.63) is 34.8 Å². The first-order valence-corrected chi connectivity index (χ1v) is 8.17. The van der Waals surface area contributed by atoms with Gasteiger partial charge in [0, 0.05) is 25.2 Å². The first-order chi connectivity index (χ1) is 9.43. The number of nitrogen functional groups attached to an aromatic ring is 1. The summed E-state index contributed by atoms with van der Waals surface area (Å²) < 4.78 is 25.4. The van der Waals surface area contributed by atoms with Crippen LogP contribution in [0, 0.1) is 0 Å². The van der Waals surface area contributed by atoms with Crippen LogP contribution in [0.3, 0.4) is 0 Å². The zero-order valence-electron chi connectivity index (χ0n) is 11.2. The summed E-state index contributed by atoms with van der Waals surface area (Å²) in [6.45, 7) is 0.556. The smallest absolute Gasteiger partial charge is 0.244 e. The highest BCUT2D eigenvalue weighted by molar-refractivity contribution is 7.89. The molecule has 0 spiro atoms. The molecule has 2 rings (SSSR count). The maximum atomic E-state index is 12.1. The van der Waals surface area contributed by atoms with Crippen LogP contribution in [0.15, 0.2) is 34.8 Å². The van der Waals surface area contributed by atoms with Gasteiger partial charge in [-0.25, -0.2) is 12.7 Å². The number of nitrogens with one attached hydrogen (secondary N) is 1. The van der Waals surface area contributed by atoms with Crippen LogP contribution in [0.5, 0.6) is 0 Å². The SMILES string of the molecule is CN(C)S(=O)(=O)c1cccc(NCc2cncs2)c1N. The van der Waals surface area contributed by atoms with E-state index in [2.05, 4.69) is 10.3 Å². The van der Waals surface area contributed by atoms with Crippen molar-refractivity contribution in [2.24, 2.45) is 0 Å². The Kier molecular flexibility index (Phi) is 4.26. The monoisotopic (exact) mass is 312 g/mol. The van der Waals surface area contributed by atoms with Crippen LogP contribution in [0.4, 0.5) is 11.4 Å². The molecule has 0 unspecified atom stereocenters. The van der Waals surface area contributed by atoms with Crippen LogP contribution < -0.4 is 11.1 Å². The molecule has 2 aromatic rings. The van der Waals surface area contributed by atoms with Crippen molar-refractivity contribution in [1.29, 1.82) is 0 Å². The van der Waals surface area contributed by atoms with E-state index in [4.69, 9.17) is 5.73 Å². The molecule has 1 aromatic heterocycles. The normalized spacial score (nSPS) is 11.8. The highest BCUT2D eigenvalue weighted by Gasteiger charge is 2.21. The number of rotatable bonds is 5. The summed E-state index contributed by atoms with van der Waals surface area (Å²) in [5, 5.41) is 3.13. The number of hydrogen-bond acceptors (Lipinski definition) is 6. The minimum Gasteiger partial charge on any atom is -0.396 e. The fourth-order valence-corrected chi connectivity index (χ4v) is 3.20. The molecule has 20 heavy (non-hydrogen) atoms. The summed E-state index contributed by atoms with van der Waals surface area (Å²) in [6, 6.07) is 4.93. The number of thiazole rings is 1. The maximum absolute atomic E-state index is 12.1. The van der Waals surface area contributed by atoms with E-state index < -0.39 is 10.0 Å². The van der Waals surface area contributed by atoms with Crippen LogP contribution in [0.25, 0.3) is 0 Å². The summed E-state index contributed by atoms with van der Waals surface area (Å²) in [6.07, 6.45) is 1.76. The highest BCUT2D eigenvalue weighted by atomic mass is 32.2. The van der Waals surface area contributed by atoms with Gasteiger partial charge in [0.15, 0.2) is 0 Å². The van der Waals surface area contributed by atoms with Gasteiger partial charge in [0.1, 0.15) is 4.90 Å². The van der Waals surface area contributed by atoms with Gasteiger partial charge in [-0.15, -0.1) is 11.3 Å². The second-order valence-corrected chi connectivity index (χ2v) is 7.42. The van der Waals surface area contributed by atoms with E-state index in [1.165, 1.54) is 31.5 Å². The van der Waals surface area contributed by atoms with E-state index in [1.54, 1.807) is 23.8 Å². The lowest BCUT2D eigenvalue weighted by Gasteiger charge is -2.16. The second-order valence-electron chi connectivity index (χ2n) is 4.33. The Morgan fingerprint density at radius 3 is 2.75 bits per heavy atom. The molecule has 0 saturated heterocycles. The zero-order chi connectivity index (χ0) is 14.8. The number of nitrogens with zero attached hydrogens (tertiary/aromatic N) is 2. The molecule has 0 amide bonds. The van der Waals surface area contributed by atoms with Crippen LogP contribution in [-0.4, -0.2) is 31.8 Å². The largest absolute Gasteiger partial charge is 0.396 e. The van der Waals surface area contributed by atoms with Crippen molar-refractivity contribution in [3.63, 3.8) is 0 Å². The van der Waals surface area contributed by atoms with Gasteiger partial charge in [-0.05, 0) is 12.1 Å². The Morgan fingerprint density at radius 1 is 1.40 bits per heavy atom. The number of benzene rings is 1. The van der Waals surface area contributed by atoms with Crippen LogP contribution in [-0.2, 0) is 16.6 Å². The molecular formula is C12H16N4O2S2. The Bertz CT molecular complexity index is 681. The van der Waals surface area contributed by atoms with E-state index in [9.17, 15) is 8.42 Å². The fraction of sp³-hybridized carbons (Fsp3) is 0.250. The van der Waals surface area contributed by atoms with Crippen molar-refractivity contribution in [2.75, 3.05) is 25.1 Å². The molecule has 1 heterocycles. The van der Waals surface area contributed by atoms with Crippen LogP contribution in [0.2, 0.25) is 0 Å². The number of anilines is 2. The summed E-state index contributed by atoms with van der Waals surface area (Å²) in [5.41, 5.74) is 8.54. The van der Waals surface area contributed by atoms with E-state index in [1.807, 2.05) is 0 Å². The van der Waals surface area contributed by atoms with Gasteiger partial charge in [0.2, 0.25) is 10.0 Å². The van der Waals surface area contributed by atoms with Gasteiger partial charge in [0.25, 0.3) is 0 Å². The molecular weight excluding hydrogens is 296 g/mol. The molecule has 0 atom stereocenters.